The molecule has 0 aromatic heterocycles. The number of carboxylic acids is 1. The Kier molecular flexibility index (Phi) is 6.54. The highest BCUT2D eigenvalue weighted by molar-refractivity contribution is 5.80. The fourth-order valence-electron chi connectivity index (χ4n) is 4.81. The highest BCUT2D eigenvalue weighted by Crippen LogP contribution is 2.29. The van der Waals surface area contributed by atoms with E-state index in [0.717, 1.165) is 51.4 Å². The molecule has 3 saturated carbocycles. The quantitative estimate of drug-likeness (QED) is 0.699. The maximum absolute atomic E-state index is 12.5. The lowest BCUT2D eigenvalue weighted by atomic mass is 9.83. The van der Waals surface area contributed by atoms with Crippen molar-refractivity contribution in [1.82, 2.24) is 10.6 Å². The van der Waals surface area contributed by atoms with Gasteiger partial charge in [-0.1, -0.05) is 12.8 Å². The normalized spacial score (nSPS) is 32.8. The summed E-state index contributed by atoms with van der Waals surface area (Å²) in [6.07, 6.45) is 10.6. The van der Waals surface area contributed by atoms with Crippen molar-refractivity contribution in [3.8, 4) is 0 Å². The Balaban J connectivity index is 1.36. The van der Waals surface area contributed by atoms with Crippen LogP contribution in [0.25, 0.3) is 0 Å². The highest BCUT2D eigenvalue weighted by atomic mass is 16.4. The van der Waals surface area contributed by atoms with Crippen LogP contribution >= 0.6 is 0 Å². The molecule has 6 nitrogen and oxygen atoms in total. The molecule has 0 aliphatic heterocycles. The fraction of sp³-hybridized carbons (Fsp3) is 0.850. The summed E-state index contributed by atoms with van der Waals surface area (Å²) in [5, 5.41) is 15.4. The predicted molar refractivity (Wildman–Crippen MR) is 97.4 cm³/mol. The smallest absolute Gasteiger partial charge is 0.306 e. The summed E-state index contributed by atoms with van der Waals surface area (Å²) >= 11 is 0. The van der Waals surface area contributed by atoms with E-state index in [0.29, 0.717) is 12.8 Å². The zero-order valence-corrected chi connectivity index (χ0v) is 15.5. The lowest BCUT2D eigenvalue weighted by Crippen LogP contribution is -2.45. The second-order valence-corrected chi connectivity index (χ2v) is 8.43. The molecule has 0 unspecified atom stereocenters. The van der Waals surface area contributed by atoms with E-state index >= 15 is 0 Å². The Bertz CT molecular complexity index is 514. The molecule has 26 heavy (non-hydrogen) atoms. The van der Waals surface area contributed by atoms with E-state index in [1.54, 1.807) is 0 Å². The molecule has 0 bridgehead atoms. The second kappa shape index (κ2) is 8.87. The van der Waals surface area contributed by atoms with Crippen LogP contribution in [0.2, 0.25) is 0 Å². The van der Waals surface area contributed by atoms with Gasteiger partial charge in [0.2, 0.25) is 11.8 Å². The molecule has 3 aliphatic rings. The summed E-state index contributed by atoms with van der Waals surface area (Å²) in [6, 6.07) is 0.344. The summed E-state index contributed by atoms with van der Waals surface area (Å²) in [5.74, 6) is -0.395. The van der Waals surface area contributed by atoms with E-state index in [1.165, 1.54) is 12.8 Å². The number of aliphatic carboxylic acids is 1. The van der Waals surface area contributed by atoms with Gasteiger partial charge in [0.1, 0.15) is 0 Å². The van der Waals surface area contributed by atoms with Crippen molar-refractivity contribution in [3.63, 3.8) is 0 Å². The molecular weight excluding hydrogens is 332 g/mol. The summed E-state index contributed by atoms with van der Waals surface area (Å²) in [4.78, 5) is 35.7. The maximum Gasteiger partial charge on any atom is 0.306 e. The van der Waals surface area contributed by atoms with E-state index in [-0.39, 0.29) is 41.7 Å². The average molecular weight is 364 g/mol. The molecule has 0 radical (unpaired) electrons. The van der Waals surface area contributed by atoms with Crippen LogP contribution in [0, 0.1) is 17.8 Å². The van der Waals surface area contributed by atoms with Crippen molar-refractivity contribution in [2.75, 3.05) is 0 Å². The van der Waals surface area contributed by atoms with Crippen LogP contribution in [0.5, 0.6) is 0 Å². The van der Waals surface area contributed by atoms with Crippen molar-refractivity contribution in [2.45, 2.75) is 89.1 Å². The number of carbonyl (C=O) groups excluding carboxylic acids is 2. The fourth-order valence-corrected chi connectivity index (χ4v) is 4.81. The minimum Gasteiger partial charge on any atom is -0.481 e. The van der Waals surface area contributed by atoms with Gasteiger partial charge in [-0.3, -0.25) is 14.4 Å². The first-order chi connectivity index (χ1) is 12.5. The van der Waals surface area contributed by atoms with Gasteiger partial charge in [0.25, 0.3) is 0 Å². The van der Waals surface area contributed by atoms with Gasteiger partial charge in [-0.15, -0.1) is 0 Å². The first-order valence-electron chi connectivity index (χ1n) is 10.4. The minimum atomic E-state index is -0.715. The molecular formula is C20H32N2O4. The molecule has 0 saturated heterocycles. The average Bonchev–Trinajstić information content (AvgIpc) is 3.17. The van der Waals surface area contributed by atoms with E-state index < -0.39 is 5.97 Å². The lowest BCUT2D eigenvalue weighted by Gasteiger charge is -2.32. The topological polar surface area (TPSA) is 95.5 Å². The summed E-state index contributed by atoms with van der Waals surface area (Å²) in [6.45, 7) is 0. The molecule has 3 fully saturated rings. The number of hydrogen-bond donors (Lipinski definition) is 3. The zero-order chi connectivity index (χ0) is 18.5. The highest BCUT2D eigenvalue weighted by Gasteiger charge is 2.32. The largest absolute Gasteiger partial charge is 0.481 e. The van der Waals surface area contributed by atoms with Crippen LogP contribution < -0.4 is 10.6 Å². The number of amides is 2. The Morgan fingerprint density at radius 1 is 0.577 bits per heavy atom. The van der Waals surface area contributed by atoms with Crippen LogP contribution in [-0.2, 0) is 14.4 Å². The van der Waals surface area contributed by atoms with E-state index in [9.17, 15) is 14.4 Å². The van der Waals surface area contributed by atoms with Crippen molar-refractivity contribution < 1.29 is 19.5 Å². The summed E-state index contributed by atoms with van der Waals surface area (Å²) < 4.78 is 0. The van der Waals surface area contributed by atoms with Crippen LogP contribution in [0.3, 0.4) is 0 Å². The lowest BCUT2D eigenvalue weighted by molar-refractivity contribution is -0.142. The SMILES string of the molecule is O=C(O)C1CCC(NC(=O)C2CCC(NC(=O)C3CCCC3)CC2)CC1. The van der Waals surface area contributed by atoms with E-state index in [2.05, 4.69) is 10.6 Å². The summed E-state index contributed by atoms with van der Waals surface area (Å²) in [5.41, 5.74) is 0. The Hall–Kier alpha value is -1.59. The zero-order valence-electron chi connectivity index (χ0n) is 15.5. The Labute approximate surface area is 155 Å². The van der Waals surface area contributed by atoms with Crippen LogP contribution in [0.4, 0.5) is 0 Å². The van der Waals surface area contributed by atoms with E-state index in [4.69, 9.17) is 5.11 Å². The van der Waals surface area contributed by atoms with Gasteiger partial charge in [0.05, 0.1) is 5.92 Å². The van der Waals surface area contributed by atoms with Crippen molar-refractivity contribution >= 4 is 17.8 Å². The maximum atomic E-state index is 12.5. The van der Waals surface area contributed by atoms with Gasteiger partial charge < -0.3 is 15.7 Å². The molecule has 0 spiro atoms. The second-order valence-electron chi connectivity index (χ2n) is 8.43. The third kappa shape index (κ3) is 4.98. The Morgan fingerprint density at radius 2 is 0.962 bits per heavy atom. The monoisotopic (exact) mass is 364 g/mol. The number of carboxylic acid groups (broad SMARTS) is 1. The van der Waals surface area contributed by atoms with Crippen molar-refractivity contribution in [2.24, 2.45) is 17.8 Å². The van der Waals surface area contributed by atoms with Gasteiger partial charge in [0, 0.05) is 23.9 Å². The van der Waals surface area contributed by atoms with E-state index in [1.807, 2.05) is 0 Å². The Morgan fingerprint density at radius 3 is 1.38 bits per heavy atom. The first kappa shape index (κ1) is 19.2. The molecule has 0 aromatic carbocycles. The molecule has 3 aliphatic carbocycles. The molecule has 6 heteroatoms. The molecule has 3 N–H and O–H groups in total. The van der Waals surface area contributed by atoms with Crippen LogP contribution in [0.15, 0.2) is 0 Å². The van der Waals surface area contributed by atoms with Crippen molar-refractivity contribution in [1.29, 1.82) is 0 Å². The number of nitrogens with one attached hydrogen (secondary N) is 2. The molecule has 146 valence electrons. The van der Waals surface area contributed by atoms with Gasteiger partial charge in [0.15, 0.2) is 0 Å². The number of carbonyl (C=O) groups is 3. The molecule has 0 heterocycles. The van der Waals surface area contributed by atoms with Gasteiger partial charge in [-0.2, -0.15) is 0 Å². The van der Waals surface area contributed by atoms with Crippen LogP contribution in [-0.4, -0.2) is 35.0 Å². The molecule has 3 rings (SSSR count). The van der Waals surface area contributed by atoms with Gasteiger partial charge >= 0.3 is 5.97 Å². The number of hydrogen-bond acceptors (Lipinski definition) is 3. The third-order valence-electron chi connectivity index (χ3n) is 6.59. The molecule has 0 atom stereocenters. The standard InChI is InChI=1S/C20H32N2O4/c23-18(13-3-1-2-4-13)21-16-9-5-14(6-10-16)19(24)22-17-11-7-15(8-12-17)20(25)26/h13-17H,1-12H2,(H,21,23)(H,22,24)(H,25,26). The molecule has 0 aromatic rings. The third-order valence-corrected chi connectivity index (χ3v) is 6.59. The van der Waals surface area contributed by atoms with Crippen molar-refractivity contribution in [3.05, 3.63) is 0 Å². The predicted octanol–water partition coefficient (Wildman–Crippen LogP) is 2.61. The number of rotatable bonds is 5. The van der Waals surface area contributed by atoms with Gasteiger partial charge in [-0.25, -0.2) is 0 Å². The molecule has 2 amide bonds. The minimum absolute atomic E-state index is 0.0341. The van der Waals surface area contributed by atoms with Gasteiger partial charge in [-0.05, 0) is 64.2 Å². The summed E-state index contributed by atoms with van der Waals surface area (Å²) in [7, 11) is 0. The first-order valence-corrected chi connectivity index (χ1v) is 10.4. The van der Waals surface area contributed by atoms with Crippen LogP contribution in [0.1, 0.15) is 77.0 Å².